The first-order valence-electron chi connectivity index (χ1n) is 9.07. The number of benzene rings is 4. The summed E-state index contributed by atoms with van der Waals surface area (Å²) >= 11 is 6.18. The third-order valence-corrected chi connectivity index (χ3v) is 4.72. The summed E-state index contributed by atoms with van der Waals surface area (Å²) in [6.45, 7) is 0.412. The van der Waals surface area contributed by atoms with Crippen molar-refractivity contribution in [2.24, 2.45) is 0 Å². The number of rotatable bonds is 6. The highest BCUT2D eigenvalue weighted by atomic mass is 35.5. The summed E-state index contributed by atoms with van der Waals surface area (Å²) in [4.78, 5) is 0. The molecule has 0 bridgehead atoms. The summed E-state index contributed by atoms with van der Waals surface area (Å²) in [5, 5.41) is 0.702. The second-order valence-electron chi connectivity index (χ2n) is 6.35. The lowest BCUT2D eigenvalue weighted by Gasteiger charge is -2.10. The lowest BCUT2D eigenvalue weighted by atomic mass is 10.1. The van der Waals surface area contributed by atoms with E-state index in [0.29, 0.717) is 11.6 Å². The lowest BCUT2D eigenvalue weighted by Crippen LogP contribution is -1.96. The molecular weight excluding hydrogens is 368 g/mol. The van der Waals surface area contributed by atoms with Crippen LogP contribution in [0.15, 0.2) is 103 Å². The van der Waals surface area contributed by atoms with Gasteiger partial charge in [-0.15, -0.1) is 0 Å². The lowest BCUT2D eigenvalue weighted by molar-refractivity contribution is 0.305. The van der Waals surface area contributed by atoms with E-state index in [-0.39, 0.29) is 0 Å². The molecule has 0 radical (unpaired) electrons. The summed E-state index contributed by atoms with van der Waals surface area (Å²) in [6, 6.07) is 33.6. The Morgan fingerprint density at radius 3 is 2.04 bits per heavy atom. The fourth-order valence-electron chi connectivity index (χ4n) is 2.89. The van der Waals surface area contributed by atoms with Crippen LogP contribution in [0.2, 0.25) is 5.02 Å². The first-order chi connectivity index (χ1) is 13.8. The first kappa shape index (κ1) is 18.1. The number of halogens is 1. The predicted molar refractivity (Wildman–Crippen MR) is 114 cm³/mol. The minimum absolute atomic E-state index is 0.412. The molecule has 0 unspecified atom stereocenters. The van der Waals surface area contributed by atoms with Gasteiger partial charge >= 0.3 is 0 Å². The van der Waals surface area contributed by atoms with E-state index >= 15 is 0 Å². The Morgan fingerprint density at radius 1 is 0.571 bits per heavy atom. The van der Waals surface area contributed by atoms with Crippen molar-refractivity contribution in [1.82, 2.24) is 0 Å². The zero-order valence-electron chi connectivity index (χ0n) is 15.2. The summed E-state index contributed by atoms with van der Waals surface area (Å²) in [6.07, 6.45) is 0. The summed E-state index contributed by atoms with van der Waals surface area (Å²) < 4.78 is 11.8. The van der Waals surface area contributed by atoms with Crippen LogP contribution < -0.4 is 9.47 Å². The van der Waals surface area contributed by atoms with Crippen molar-refractivity contribution < 1.29 is 9.47 Å². The van der Waals surface area contributed by atoms with Crippen LogP contribution >= 0.6 is 11.6 Å². The van der Waals surface area contributed by atoms with Gasteiger partial charge < -0.3 is 9.47 Å². The molecule has 28 heavy (non-hydrogen) atoms. The van der Waals surface area contributed by atoms with Crippen LogP contribution in [0.5, 0.6) is 17.2 Å². The highest BCUT2D eigenvalue weighted by Gasteiger charge is 2.04. The van der Waals surface area contributed by atoms with E-state index in [1.165, 1.54) is 5.56 Å². The van der Waals surface area contributed by atoms with Gasteiger partial charge in [0.05, 0.1) is 0 Å². The monoisotopic (exact) mass is 386 g/mol. The number of hydrogen-bond acceptors (Lipinski definition) is 2. The van der Waals surface area contributed by atoms with Crippen molar-refractivity contribution in [3.8, 4) is 28.4 Å². The molecule has 0 spiro atoms. The molecule has 0 aliphatic carbocycles. The van der Waals surface area contributed by atoms with Crippen molar-refractivity contribution in [3.05, 3.63) is 114 Å². The van der Waals surface area contributed by atoms with E-state index < -0.39 is 0 Å². The molecule has 0 saturated carbocycles. The maximum atomic E-state index is 6.18. The van der Waals surface area contributed by atoms with Gasteiger partial charge in [0.15, 0.2) is 0 Å². The van der Waals surface area contributed by atoms with E-state index in [9.17, 15) is 0 Å². The molecular formula is C25H19ClO2. The Kier molecular flexibility index (Phi) is 5.60. The number of hydrogen-bond donors (Lipinski definition) is 0. The van der Waals surface area contributed by atoms with E-state index in [0.717, 1.165) is 28.4 Å². The molecule has 4 aromatic carbocycles. The van der Waals surface area contributed by atoms with Crippen LogP contribution in [0.3, 0.4) is 0 Å². The zero-order valence-corrected chi connectivity index (χ0v) is 16.0. The number of ether oxygens (including phenoxy) is 2. The fraction of sp³-hybridized carbons (Fsp3) is 0.0400. The topological polar surface area (TPSA) is 18.5 Å². The minimum atomic E-state index is 0.412. The smallest absolute Gasteiger partial charge is 0.131 e. The van der Waals surface area contributed by atoms with E-state index in [2.05, 4.69) is 24.3 Å². The summed E-state index contributed by atoms with van der Waals surface area (Å²) in [5.41, 5.74) is 3.29. The molecule has 0 aromatic heterocycles. The second-order valence-corrected chi connectivity index (χ2v) is 6.75. The third-order valence-electron chi connectivity index (χ3n) is 4.35. The molecule has 0 heterocycles. The highest BCUT2D eigenvalue weighted by molar-refractivity contribution is 6.31. The van der Waals surface area contributed by atoms with Gasteiger partial charge in [-0.2, -0.15) is 0 Å². The van der Waals surface area contributed by atoms with Gasteiger partial charge in [0.25, 0.3) is 0 Å². The van der Waals surface area contributed by atoms with Gasteiger partial charge in [-0.1, -0.05) is 78.3 Å². The average molecular weight is 387 g/mol. The van der Waals surface area contributed by atoms with Gasteiger partial charge in [-0.25, -0.2) is 0 Å². The molecule has 0 amide bonds. The fourth-order valence-corrected chi connectivity index (χ4v) is 3.08. The quantitative estimate of drug-likeness (QED) is 0.344. The molecule has 0 aliphatic rings. The van der Waals surface area contributed by atoms with E-state index in [1.807, 2.05) is 78.9 Å². The summed E-state index contributed by atoms with van der Waals surface area (Å²) in [5.74, 6) is 2.24. The van der Waals surface area contributed by atoms with Crippen LogP contribution in [0.4, 0.5) is 0 Å². The van der Waals surface area contributed by atoms with Gasteiger partial charge in [-0.3, -0.25) is 0 Å². The maximum Gasteiger partial charge on any atom is 0.131 e. The molecule has 4 aromatic rings. The van der Waals surface area contributed by atoms with Crippen LogP contribution in [0.1, 0.15) is 5.56 Å². The third kappa shape index (κ3) is 4.54. The van der Waals surface area contributed by atoms with Crippen molar-refractivity contribution in [2.75, 3.05) is 0 Å². The molecule has 0 aliphatic heterocycles. The zero-order chi connectivity index (χ0) is 19.2. The Balaban J connectivity index is 1.42. The Labute approximate surface area is 169 Å². The van der Waals surface area contributed by atoms with Gasteiger partial charge in [0, 0.05) is 16.7 Å². The highest BCUT2D eigenvalue weighted by Crippen LogP contribution is 2.28. The molecule has 0 saturated heterocycles. The van der Waals surface area contributed by atoms with Crippen molar-refractivity contribution in [1.29, 1.82) is 0 Å². The molecule has 0 atom stereocenters. The first-order valence-corrected chi connectivity index (χ1v) is 9.45. The van der Waals surface area contributed by atoms with Crippen molar-refractivity contribution in [2.45, 2.75) is 6.61 Å². The summed E-state index contributed by atoms with van der Waals surface area (Å²) in [7, 11) is 0. The Morgan fingerprint density at radius 2 is 1.25 bits per heavy atom. The van der Waals surface area contributed by atoms with Gasteiger partial charge in [0.2, 0.25) is 0 Å². The largest absolute Gasteiger partial charge is 0.489 e. The standard InChI is InChI=1S/C25H19ClO2/c26-25-12-5-4-9-21(25)18-27-23-10-6-11-24(17-23)28-22-15-13-20(14-16-22)19-7-2-1-3-8-19/h1-17H,18H2. The molecule has 0 fully saturated rings. The van der Waals surface area contributed by atoms with Gasteiger partial charge in [-0.05, 0) is 41.5 Å². The predicted octanol–water partition coefficient (Wildman–Crippen LogP) is 7.38. The average Bonchev–Trinajstić information content (AvgIpc) is 2.75. The van der Waals surface area contributed by atoms with Crippen molar-refractivity contribution >= 4 is 11.6 Å². The van der Waals surface area contributed by atoms with Crippen molar-refractivity contribution in [3.63, 3.8) is 0 Å². The molecule has 3 heteroatoms. The maximum absolute atomic E-state index is 6.18. The molecule has 2 nitrogen and oxygen atoms in total. The second kappa shape index (κ2) is 8.64. The molecule has 138 valence electrons. The Bertz CT molecular complexity index is 1040. The van der Waals surface area contributed by atoms with E-state index in [1.54, 1.807) is 0 Å². The van der Waals surface area contributed by atoms with Gasteiger partial charge in [0.1, 0.15) is 23.9 Å². The Hall–Kier alpha value is -3.23. The van der Waals surface area contributed by atoms with Crippen LogP contribution in [-0.2, 0) is 6.61 Å². The van der Waals surface area contributed by atoms with Crippen LogP contribution in [0, 0.1) is 0 Å². The molecule has 0 N–H and O–H groups in total. The minimum Gasteiger partial charge on any atom is -0.489 e. The van der Waals surface area contributed by atoms with Crippen LogP contribution in [-0.4, -0.2) is 0 Å². The van der Waals surface area contributed by atoms with E-state index in [4.69, 9.17) is 21.1 Å². The normalized spacial score (nSPS) is 10.5. The van der Waals surface area contributed by atoms with Crippen LogP contribution in [0.25, 0.3) is 11.1 Å². The molecule has 4 rings (SSSR count). The SMILES string of the molecule is Clc1ccccc1COc1cccc(Oc2ccc(-c3ccccc3)cc2)c1.